The molecular formula is C26H25N5. The molecule has 3 aromatic carbocycles. The molecule has 0 aliphatic carbocycles. The van der Waals surface area contributed by atoms with E-state index < -0.39 is 0 Å². The molecule has 0 aliphatic heterocycles. The molecule has 5 nitrogen and oxygen atoms in total. The van der Waals surface area contributed by atoms with E-state index in [2.05, 4.69) is 51.7 Å². The zero-order chi connectivity index (χ0) is 21.3. The number of nitrogen functional groups attached to an aromatic ring is 1. The first kappa shape index (κ1) is 20.3. The third-order valence-corrected chi connectivity index (χ3v) is 4.87. The topological polar surface area (TPSA) is 76.2 Å². The molecule has 1 heterocycles. The Morgan fingerprint density at radius 2 is 1.32 bits per heavy atom. The lowest BCUT2D eigenvalue weighted by atomic mass is 10.1. The van der Waals surface area contributed by atoms with Gasteiger partial charge in [0.2, 0.25) is 0 Å². The maximum Gasteiger partial charge on any atom is 0.141 e. The number of hydrogen-bond acceptors (Lipinski definition) is 5. The first-order valence-electron chi connectivity index (χ1n) is 10.3. The van der Waals surface area contributed by atoms with Crippen molar-refractivity contribution in [2.75, 3.05) is 11.1 Å². The van der Waals surface area contributed by atoms with Gasteiger partial charge < -0.3 is 11.1 Å². The molecule has 31 heavy (non-hydrogen) atoms. The van der Waals surface area contributed by atoms with Gasteiger partial charge in [0.05, 0.1) is 12.1 Å². The summed E-state index contributed by atoms with van der Waals surface area (Å²) in [6, 6.07) is 30.5. The first-order chi connectivity index (χ1) is 15.3. The van der Waals surface area contributed by atoms with Crippen molar-refractivity contribution in [3.63, 3.8) is 0 Å². The molecule has 0 bridgehead atoms. The van der Waals surface area contributed by atoms with Gasteiger partial charge in [0, 0.05) is 19.2 Å². The molecule has 0 saturated heterocycles. The fraction of sp³-hybridized carbons (Fsp3) is 0.115. The number of benzene rings is 3. The first-order valence-corrected chi connectivity index (χ1v) is 10.3. The van der Waals surface area contributed by atoms with E-state index in [0.29, 0.717) is 42.5 Å². The van der Waals surface area contributed by atoms with Crippen LogP contribution in [-0.2, 0) is 19.5 Å². The Balaban J connectivity index is 1.59. The van der Waals surface area contributed by atoms with Crippen LogP contribution in [0.4, 0.5) is 11.6 Å². The number of rotatable bonds is 8. The summed E-state index contributed by atoms with van der Waals surface area (Å²) in [4.78, 5) is 13.9. The Morgan fingerprint density at radius 3 is 1.97 bits per heavy atom. The van der Waals surface area contributed by atoms with Crippen LogP contribution in [0.25, 0.3) is 0 Å². The zero-order valence-electron chi connectivity index (χ0n) is 17.3. The van der Waals surface area contributed by atoms with Gasteiger partial charge in [-0.2, -0.15) is 0 Å². The molecule has 0 fully saturated rings. The molecule has 0 aliphatic rings. The number of nitrogens with zero attached hydrogens (tertiary/aromatic N) is 3. The summed E-state index contributed by atoms with van der Waals surface area (Å²) in [5, 5.41) is 3.42. The minimum absolute atomic E-state index is 0.424. The van der Waals surface area contributed by atoms with Gasteiger partial charge in [0.25, 0.3) is 0 Å². The predicted molar refractivity (Wildman–Crippen MR) is 127 cm³/mol. The van der Waals surface area contributed by atoms with Gasteiger partial charge in [-0.05, 0) is 16.7 Å². The summed E-state index contributed by atoms with van der Waals surface area (Å²) in [7, 11) is 0. The molecule has 0 spiro atoms. The van der Waals surface area contributed by atoms with E-state index in [1.807, 2.05) is 54.6 Å². The fourth-order valence-electron chi connectivity index (χ4n) is 3.26. The van der Waals surface area contributed by atoms with Crippen LogP contribution in [0.1, 0.15) is 28.1 Å². The standard InChI is InChI=1S/C26H25N5/c27-25-23(19-28-17-21-12-6-2-7-13-21)26(29-18-22-14-8-3-9-15-22)31-24(30-25)16-20-10-4-1-5-11-20/h1-15,19H,16-18H2,(H3,27,29,30,31). The smallest absolute Gasteiger partial charge is 0.141 e. The van der Waals surface area contributed by atoms with E-state index in [1.165, 1.54) is 0 Å². The van der Waals surface area contributed by atoms with Crippen LogP contribution in [0.3, 0.4) is 0 Å². The van der Waals surface area contributed by atoms with E-state index in [-0.39, 0.29) is 0 Å². The molecule has 0 radical (unpaired) electrons. The number of aromatic nitrogens is 2. The van der Waals surface area contributed by atoms with Crippen molar-refractivity contribution in [1.29, 1.82) is 0 Å². The molecule has 4 rings (SSSR count). The van der Waals surface area contributed by atoms with Crippen LogP contribution in [0.2, 0.25) is 0 Å². The van der Waals surface area contributed by atoms with E-state index in [0.717, 1.165) is 16.7 Å². The summed E-state index contributed by atoms with van der Waals surface area (Å²) in [5.74, 6) is 1.80. The third kappa shape index (κ3) is 5.76. The minimum Gasteiger partial charge on any atom is -0.383 e. The third-order valence-electron chi connectivity index (χ3n) is 4.87. The number of nitrogens with two attached hydrogens (primary N) is 1. The highest BCUT2D eigenvalue weighted by Crippen LogP contribution is 2.20. The summed E-state index contributed by atoms with van der Waals surface area (Å²) in [5.41, 5.74) is 10.5. The van der Waals surface area contributed by atoms with Crippen LogP contribution >= 0.6 is 0 Å². The number of hydrogen-bond donors (Lipinski definition) is 2. The van der Waals surface area contributed by atoms with E-state index in [4.69, 9.17) is 10.7 Å². The van der Waals surface area contributed by atoms with Crippen molar-refractivity contribution < 1.29 is 0 Å². The summed E-state index contributed by atoms with van der Waals surface area (Å²) < 4.78 is 0. The molecular weight excluding hydrogens is 382 g/mol. The molecule has 0 atom stereocenters. The van der Waals surface area contributed by atoms with Crippen molar-refractivity contribution in [2.24, 2.45) is 4.99 Å². The van der Waals surface area contributed by atoms with Crippen LogP contribution < -0.4 is 11.1 Å². The Kier molecular flexibility index (Phi) is 6.65. The van der Waals surface area contributed by atoms with Crippen LogP contribution in [-0.4, -0.2) is 16.2 Å². The Hall–Kier alpha value is -3.99. The Morgan fingerprint density at radius 1 is 0.742 bits per heavy atom. The average molecular weight is 408 g/mol. The van der Waals surface area contributed by atoms with Crippen molar-refractivity contribution in [2.45, 2.75) is 19.5 Å². The summed E-state index contributed by atoms with van der Waals surface area (Å²) in [6.07, 6.45) is 2.38. The van der Waals surface area contributed by atoms with Gasteiger partial charge in [0.1, 0.15) is 17.5 Å². The van der Waals surface area contributed by atoms with Crippen molar-refractivity contribution >= 4 is 17.9 Å². The predicted octanol–water partition coefficient (Wildman–Crippen LogP) is 4.88. The van der Waals surface area contributed by atoms with Gasteiger partial charge >= 0.3 is 0 Å². The quantitative estimate of drug-likeness (QED) is 0.408. The molecule has 0 amide bonds. The lowest BCUT2D eigenvalue weighted by Crippen LogP contribution is -2.12. The van der Waals surface area contributed by atoms with Gasteiger partial charge in [-0.1, -0.05) is 91.0 Å². The van der Waals surface area contributed by atoms with Gasteiger partial charge in [-0.25, -0.2) is 9.97 Å². The molecule has 5 heteroatoms. The maximum atomic E-state index is 6.34. The summed E-state index contributed by atoms with van der Waals surface area (Å²) >= 11 is 0. The van der Waals surface area contributed by atoms with Crippen LogP contribution in [0.15, 0.2) is 96.0 Å². The second kappa shape index (κ2) is 10.2. The van der Waals surface area contributed by atoms with E-state index in [1.54, 1.807) is 6.21 Å². The second-order valence-electron chi connectivity index (χ2n) is 7.24. The highest BCUT2D eigenvalue weighted by atomic mass is 15.1. The number of anilines is 2. The lowest BCUT2D eigenvalue weighted by Gasteiger charge is -2.13. The lowest BCUT2D eigenvalue weighted by molar-refractivity contribution is 0.960. The molecule has 0 saturated carbocycles. The highest BCUT2D eigenvalue weighted by Gasteiger charge is 2.12. The molecule has 1 aromatic heterocycles. The normalized spacial score (nSPS) is 11.0. The van der Waals surface area contributed by atoms with Crippen molar-refractivity contribution in [3.8, 4) is 0 Å². The van der Waals surface area contributed by atoms with E-state index in [9.17, 15) is 0 Å². The second-order valence-corrected chi connectivity index (χ2v) is 7.24. The largest absolute Gasteiger partial charge is 0.383 e. The Labute approximate surface area is 182 Å². The highest BCUT2D eigenvalue weighted by molar-refractivity contribution is 5.91. The molecule has 154 valence electrons. The van der Waals surface area contributed by atoms with Gasteiger partial charge in [-0.15, -0.1) is 0 Å². The van der Waals surface area contributed by atoms with Crippen LogP contribution in [0, 0.1) is 0 Å². The minimum atomic E-state index is 0.424. The van der Waals surface area contributed by atoms with Gasteiger partial charge in [-0.3, -0.25) is 4.99 Å². The van der Waals surface area contributed by atoms with Crippen molar-refractivity contribution in [1.82, 2.24) is 9.97 Å². The average Bonchev–Trinajstić information content (AvgIpc) is 2.81. The Bertz CT molecular complexity index is 1130. The molecule has 3 N–H and O–H groups in total. The van der Waals surface area contributed by atoms with Crippen LogP contribution in [0.5, 0.6) is 0 Å². The summed E-state index contributed by atoms with van der Waals surface area (Å²) in [6.45, 7) is 1.21. The maximum absolute atomic E-state index is 6.34. The van der Waals surface area contributed by atoms with Crippen molar-refractivity contribution in [3.05, 3.63) is 119 Å². The SMILES string of the molecule is Nc1nc(Cc2ccccc2)nc(NCc2ccccc2)c1C=NCc1ccccc1. The zero-order valence-corrected chi connectivity index (χ0v) is 17.3. The fourth-order valence-corrected chi connectivity index (χ4v) is 3.26. The van der Waals surface area contributed by atoms with E-state index >= 15 is 0 Å². The monoisotopic (exact) mass is 407 g/mol. The number of nitrogens with one attached hydrogen (secondary N) is 1. The van der Waals surface area contributed by atoms with Gasteiger partial charge in [0.15, 0.2) is 0 Å². The molecule has 0 unspecified atom stereocenters. The molecule has 4 aromatic rings. The number of aliphatic imine (C=N–C) groups is 1.